The molecule has 0 aliphatic heterocycles. The zero-order chi connectivity index (χ0) is 11.4. The minimum Gasteiger partial charge on any atom is -0.481 e. The first-order valence-corrected chi connectivity index (χ1v) is 5.15. The summed E-state index contributed by atoms with van der Waals surface area (Å²) in [4.78, 5) is 10.2. The number of aryl methyl sites for hydroxylation is 1. The van der Waals surface area contributed by atoms with Crippen LogP contribution in [-0.4, -0.2) is 11.1 Å². The highest BCUT2D eigenvalue weighted by Gasteiger charge is 2.08. The van der Waals surface area contributed by atoms with Gasteiger partial charge >= 0.3 is 5.97 Å². The van der Waals surface area contributed by atoms with Crippen LogP contribution in [0.15, 0.2) is 16.6 Å². The lowest BCUT2D eigenvalue weighted by Gasteiger charge is -2.03. The van der Waals surface area contributed by atoms with E-state index in [0.717, 1.165) is 12.1 Å². The van der Waals surface area contributed by atoms with E-state index in [1.54, 1.807) is 0 Å². The van der Waals surface area contributed by atoms with Crippen molar-refractivity contribution in [3.05, 3.63) is 33.8 Å². The number of carboxylic acid groups (broad SMARTS) is 1. The SMILES string of the molecule is O=C(O)CCCc1cc(F)c(Br)cc1F. The van der Waals surface area contributed by atoms with Gasteiger partial charge in [0.15, 0.2) is 0 Å². The van der Waals surface area contributed by atoms with Crippen LogP contribution in [0, 0.1) is 11.6 Å². The third-order valence-electron chi connectivity index (χ3n) is 1.93. The van der Waals surface area contributed by atoms with Crippen molar-refractivity contribution < 1.29 is 18.7 Å². The molecule has 0 radical (unpaired) electrons. The summed E-state index contributed by atoms with van der Waals surface area (Å²) >= 11 is 2.86. The van der Waals surface area contributed by atoms with Crippen molar-refractivity contribution >= 4 is 21.9 Å². The molecular formula is C10H9BrF2O2. The van der Waals surface area contributed by atoms with Gasteiger partial charge < -0.3 is 5.11 Å². The van der Waals surface area contributed by atoms with Gasteiger partial charge in [0.05, 0.1) is 4.47 Å². The van der Waals surface area contributed by atoms with Crippen molar-refractivity contribution in [3.8, 4) is 0 Å². The second kappa shape index (κ2) is 5.21. The standard InChI is InChI=1S/C10H9BrF2O2/c11-7-5-8(12)6(4-9(7)13)2-1-3-10(14)15/h4-5H,1-3H2,(H,14,15). The van der Waals surface area contributed by atoms with Crippen molar-refractivity contribution in [3.63, 3.8) is 0 Å². The molecule has 0 fully saturated rings. The number of carbonyl (C=O) groups is 1. The molecule has 0 aliphatic carbocycles. The van der Waals surface area contributed by atoms with E-state index in [2.05, 4.69) is 15.9 Å². The van der Waals surface area contributed by atoms with Crippen LogP contribution in [0.2, 0.25) is 0 Å². The maximum absolute atomic E-state index is 13.2. The van der Waals surface area contributed by atoms with Crippen LogP contribution < -0.4 is 0 Å². The minimum atomic E-state index is -0.937. The first-order valence-electron chi connectivity index (χ1n) is 4.36. The Labute approximate surface area is 94.0 Å². The van der Waals surface area contributed by atoms with Crippen LogP contribution in [0.25, 0.3) is 0 Å². The van der Waals surface area contributed by atoms with Crippen molar-refractivity contribution in [2.45, 2.75) is 19.3 Å². The Hall–Kier alpha value is -0.970. The van der Waals surface area contributed by atoms with Gasteiger partial charge in [0.2, 0.25) is 0 Å². The number of aliphatic carboxylic acids is 1. The topological polar surface area (TPSA) is 37.3 Å². The molecule has 82 valence electrons. The van der Waals surface area contributed by atoms with Crippen LogP contribution in [0.4, 0.5) is 8.78 Å². The quantitative estimate of drug-likeness (QED) is 0.860. The van der Waals surface area contributed by atoms with E-state index in [4.69, 9.17) is 5.11 Å². The Morgan fingerprint density at radius 3 is 2.60 bits per heavy atom. The van der Waals surface area contributed by atoms with Crippen LogP contribution in [0.1, 0.15) is 18.4 Å². The summed E-state index contributed by atoms with van der Waals surface area (Å²) in [6.45, 7) is 0. The Morgan fingerprint density at radius 2 is 2.00 bits per heavy atom. The van der Waals surface area contributed by atoms with Crippen molar-refractivity contribution in [2.24, 2.45) is 0 Å². The van der Waals surface area contributed by atoms with Crippen molar-refractivity contribution in [2.75, 3.05) is 0 Å². The number of hydrogen-bond acceptors (Lipinski definition) is 1. The maximum atomic E-state index is 13.2. The molecule has 0 saturated carbocycles. The Kier molecular flexibility index (Phi) is 4.20. The molecule has 5 heteroatoms. The molecular weight excluding hydrogens is 270 g/mol. The third kappa shape index (κ3) is 3.58. The summed E-state index contributed by atoms with van der Waals surface area (Å²) in [5, 5.41) is 8.38. The smallest absolute Gasteiger partial charge is 0.303 e. The lowest BCUT2D eigenvalue weighted by Crippen LogP contribution is -1.98. The van der Waals surface area contributed by atoms with E-state index in [9.17, 15) is 13.6 Å². The molecule has 0 atom stereocenters. The predicted molar refractivity (Wildman–Crippen MR) is 54.6 cm³/mol. The summed E-state index contributed by atoms with van der Waals surface area (Å²) in [6, 6.07) is 2.13. The average molecular weight is 279 g/mol. The van der Waals surface area contributed by atoms with Crippen LogP contribution in [0.5, 0.6) is 0 Å². The van der Waals surface area contributed by atoms with Gasteiger partial charge in [0.1, 0.15) is 11.6 Å². The first-order chi connectivity index (χ1) is 7.00. The van der Waals surface area contributed by atoms with Gasteiger partial charge in [-0.3, -0.25) is 4.79 Å². The van der Waals surface area contributed by atoms with E-state index in [1.807, 2.05) is 0 Å². The molecule has 1 aromatic rings. The lowest BCUT2D eigenvalue weighted by molar-refractivity contribution is -0.137. The zero-order valence-electron chi connectivity index (χ0n) is 7.77. The van der Waals surface area contributed by atoms with Gasteiger partial charge in [0, 0.05) is 6.42 Å². The molecule has 15 heavy (non-hydrogen) atoms. The van der Waals surface area contributed by atoms with Crippen molar-refractivity contribution in [1.29, 1.82) is 0 Å². The fourth-order valence-corrected chi connectivity index (χ4v) is 1.50. The van der Waals surface area contributed by atoms with Gasteiger partial charge in [0.25, 0.3) is 0 Å². The predicted octanol–water partition coefficient (Wildman–Crippen LogP) is 3.13. The van der Waals surface area contributed by atoms with Crippen LogP contribution in [-0.2, 0) is 11.2 Å². The maximum Gasteiger partial charge on any atom is 0.303 e. The highest BCUT2D eigenvalue weighted by Crippen LogP contribution is 2.21. The van der Waals surface area contributed by atoms with Gasteiger partial charge in [-0.2, -0.15) is 0 Å². The molecule has 0 bridgehead atoms. The molecule has 0 unspecified atom stereocenters. The molecule has 0 spiro atoms. The lowest BCUT2D eigenvalue weighted by atomic mass is 10.1. The van der Waals surface area contributed by atoms with Gasteiger partial charge in [-0.1, -0.05) is 0 Å². The van der Waals surface area contributed by atoms with Crippen molar-refractivity contribution in [1.82, 2.24) is 0 Å². The fraction of sp³-hybridized carbons (Fsp3) is 0.300. The molecule has 2 nitrogen and oxygen atoms in total. The Bertz CT molecular complexity index is 380. The third-order valence-corrected chi connectivity index (χ3v) is 2.53. The summed E-state index contributed by atoms with van der Waals surface area (Å²) in [6.07, 6.45) is 0.479. The largest absolute Gasteiger partial charge is 0.481 e. The average Bonchev–Trinajstić information content (AvgIpc) is 2.13. The number of carboxylic acids is 1. The molecule has 0 aromatic heterocycles. The fourth-order valence-electron chi connectivity index (χ4n) is 1.19. The Balaban J connectivity index is 2.69. The van der Waals surface area contributed by atoms with E-state index >= 15 is 0 Å². The highest BCUT2D eigenvalue weighted by atomic mass is 79.9. The zero-order valence-corrected chi connectivity index (χ0v) is 9.35. The summed E-state index contributed by atoms with van der Waals surface area (Å²) in [5.41, 5.74) is 0.206. The number of halogens is 3. The highest BCUT2D eigenvalue weighted by molar-refractivity contribution is 9.10. The summed E-state index contributed by atoms with van der Waals surface area (Å²) in [5.74, 6) is -2.00. The minimum absolute atomic E-state index is 0.0445. The van der Waals surface area contributed by atoms with Crippen LogP contribution >= 0.6 is 15.9 Å². The van der Waals surface area contributed by atoms with E-state index in [-0.39, 0.29) is 22.9 Å². The van der Waals surface area contributed by atoms with Gasteiger partial charge in [-0.15, -0.1) is 0 Å². The molecule has 0 heterocycles. The second-order valence-electron chi connectivity index (χ2n) is 3.11. The van der Waals surface area contributed by atoms with Gasteiger partial charge in [-0.25, -0.2) is 8.78 Å². The molecule has 1 rings (SSSR count). The van der Waals surface area contributed by atoms with E-state index in [1.165, 1.54) is 0 Å². The monoisotopic (exact) mass is 278 g/mol. The normalized spacial score (nSPS) is 10.3. The van der Waals surface area contributed by atoms with E-state index in [0.29, 0.717) is 6.42 Å². The first kappa shape index (κ1) is 12.1. The second-order valence-corrected chi connectivity index (χ2v) is 3.96. The number of rotatable bonds is 4. The Morgan fingerprint density at radius 1 is 1.33 bits per heavy atom. The van der Waals surface area contributed by atoms with Gasteiger partial charge in [-0.05, 0) is 46.5 Å². The van der Waals surface area contributed by atoms with E-state index < -0.39 is 17.6 Å². The number of hydrogen-bond donors (Lipinski definition) is 1. The molecule has 0 aliphatic rings. The summed E-state index contributed by atoms with van der Waals surface area (Å²) < 4.78 is 26.3. The molecule has 1 aromatic carbocycles. The molecule has 1 N–H and O–H groups in total. The molecule has 0 saturated heterocycles. The summed E-state index contributed by atoms with van der Waals surface area (Å²) in [7, 11) is 0. The van der Waals surface area contributed by atoms with Crippen LogP contribution in [0.3, 0.4) is 0 Å². The number of benzene rings is 1. The molecule has 0 amide bonds.